The Labute approximate surface area is 97.5 Å². The largest absolute Gasteiger partial charge is 0.463 e. The maximum Gasteiger partial charge on any atom is 0.341 e. The summed E-state index contributed by atoms with van der Waals surface area (Å²) in [4.78, 5) is 12.1. The fraction of sp³-hybridized carbons (Fsp3) is 0.923. The van der Waals surface area contributed by atoms with Gasteiger partial charge in [0.1, 0.15) is 5.60 Å². The van der Waals surface area contributed by atoms with Gasteiger partial charge in [-0.1, -0.05) is 26.7 Å². The molecular formula is C13H22O3. The van der Waals surface area contributed by atoms with Gasteiger partial charge < -0.3 is 9.47 Å². The molecule has 0 aromatic heterocycles. The van der Waals surface area contributed by atoms with Crippen molar-refractivity contribution in [3.8, 4) is 0 Å². The first-order valence-electron chi connectivity index (χ1n) is 6.58. The van der Waals surface area contributed by atoms with E-state index in [1.54, 1.807) is 0 Å². The summed E-state index contributed by atoms with van der Waals surface area (Å²) < 4.78 is 11.2. The monoisotopic (exact) mass is 226 g/mol. The molecular weight excluding hydrogens is 204 g/mol. The van der Waals surface area contributed by atoms with Crippen molar-refractivity contribution in [1.29, 1.82) is 0 Å². The highest BCUT2D eigenvalue weighted by molar-refractivity contribution is 5.85. The summed E-state index contributed by atoms with van der Waals surface area (Å²) in [5, 5.41) is 0. The molecule has 0 aromatic carbocycles. The topological polar surface area (TPSA) is 38.8 Å². The Kier molecular flexibility index (Phi) is 3.24. The number of carbonyl (C=O) groups is 1. The van der Waals surface area contributed by atoms with E-state index in [0.717, 1.165) is 32.1 Å². The molecule has 0 bridgehead atoms. The van der Waals surface area contributed by atoms with Gasteiger partial charge in [0.05, 0.1) is 6.61 Å². The van der Waals surface area contributed by atoms with Gasteiger partial charge in [-0.15, -0.1) is 0 Å². The van der Waals surface area contributed by atoms with Crippen molar-refractivity contribution in [2.75, 3.05) is 6.61 Å². The van der Waals surface area contributed by atoms with Crippen molar-refractivity contribution in [2.45, 2.75) is 70.0 Å². The van der Waals surface area contributed by atoms with E-state index in [-0.39, 0.29) is 11.6 Å². The van der Waals surface area contributed by atoms with Crippen LogP contribution in [0.1, 0.15) is 58.8 Å². The summed E-state index contributed by atoms with van der Waals surface area (Å²) in [6.45, 7) is 4.64. The predicted octanol–water partition coefficient (Wildman–Crippen LogP) is 2.82. The van der Waals surface area contributed by atoms with Crippen LogP contribution in [0.25, 0.3) is 0 Å². The molecule has 2 unspecified atom stereocenters. The standard InChI is InChI=1S/C13H22O3/c1-3-10-15-11(14)13-9-7-5-6-8-12(13,4-2)16-13/h3-10H2,1-2H3. The number of carbonyl (C=O) groups excluding carboxylic acids is 1. The average Bonchev–Trinajstić information content (AvgIpc) is 2.96. The SMILES string of the molecule is CCCOC(=O)C12CCCCCC1(CC)O2. The van der Waals surface area contributed by atoms with Crippen molar-refractivity contribution in [3.63, 3.8) is 0 Å². The first-order chi connectivity index (χ1) is 7.71. The third-order valence-electron chi connectivity index (χ3n) is 4.01. The highest BCUT2D eigenvalue weighted by Crippen LogP contribution is 2.58. The molecule has 1 heterocycles. The Morgan fingerprint density at radius 3 is 2.69 bits per heavy atom. The zero-order valence-corrected chi connectivity index (χ0v) is 10.4. The quantitative estimate of drug-likeness (QED) is 0.546. The highest BCUT2D eigenvalue weighted by Gasteiger charge is 2.73. The van der Waals surface area contributed by atoms with Crippen LogP contribution >= 0.6 is 0 Å². The van der Waals surface area contributed by atoms with Crippen LogP contribution in [0.15, 0.2) is 0 Å². The average molecular weight is 226 g/mol. The number of hydrogen-bond acceptors (Lipinski definition) is 3. The van der Waals surface area contributed by atoms with E-state index in [4.69, 9.17) is 9.47 Å². The van der Waals surface area contributed by atoms with Crippen LogP contribution in [0.4, 0.5) is 0 Å². The molecule has 2 aliphatic rings. The van der Waals surface area contributed by atoms with Crippen LogP contribution in [-0.4, -0.2) is 23.8 Å². The minimum Gasteiger partial charge on any atom is -0.463 e. The molecule has 2 fully saturated rings. The molecule has 1 saturated carbocycles. The van der Waals surface area contributed by atoms with Crippen LogP contribution in [0.2, 0.25) is 0 Å². The van der Waals surface area contributed by atoms with Crippen LogP contribution in [0.5, 0.6) is 0 Å². The lowest BCUT2D eigenvalue weighted by atomic mass is 9.86. The molecule has 3 heteroatoms. The van der Waals surface area contributed by atoms with Gasteiger partial charge in [0.2, 0.25) is 0 Å². The molecule has 0 aromatic rings. The van der Waals surface area contributed by atoms with Gasteiger partial charge in [-0.05, 0) is 32.1 Å². The van der Waals surface area contributed by atoms with E-state index in [0.29, 0.717) is 6.61 Å². The van der Waals surface area contributed by atoms with Crippen LogP contribution in [0.3, 0.4) is 0 Å². The Morgan fingerprint density at radius 2 is 2.00 bits per heavy atom. The lowest BCUT2D eigenvalue weighted by Crippen LogP contribution is -2.35. The summed E-state index contributed by atoms with van der Waals surface area (Å²) in [5.41, 5.74) is -0.762. The van der Waals surface area contributed by atoms with E-state index in [2.05, 4.69) is 6.92 Å². The zero-order valence-electron chi connectivity index (χ0n) is 10.4. The highest BCUT2D eigenvalue weighted by atomic mass is 16.7. The third-order valence-corrected chi connectivity index (χ3v) is 4.01. The molecule has 16 heavy (non-hydrogen) atoms. The summed E-state index contributed by atoms with van der Waals surface area (Å²) in [6.07, 6.45) is 7.15. The fourth-order valence-corrected chi connectivity index (χ4v) is 2.98. The minimum atomic E-state index is -0.576. The Bertz CT molecular complexity index is 272. The number of ether oxygens (including phenoxy) is 2. The van der Waals surface area contributed by atoms with Gasteiger partial charge in [0.15, 0.2) is 5.60 Å². The molecule has 2 rings (SSSR count). The summed E-state index contributed by atoms with van der Waals surface area (Å²) in [7, 11) is 0. The summed E-state index contributed by atoms with van der Waals surface area (Å²) >= 11 is 0. The summed E-state index contributed by atoms with van der Waals surface area (Å²) in [5.74, 6) is -0.113. The van der Waals surface area contributed by atoms with E-state index in [9.17, 15) is 4.79 Å². The second-order valence-electron chi connectivity index (χ2n) is 4.97. The molecule has 1 saturated heterocycles. The van der Waals surface area contributed by atoms with Crippen LogP contribution in [-0.2, 0) is 14.3 Å². The fourth-order valence-electron chi connectivity index (χ4n) is 2.98. The lowest BCUT2D eigenvalue weighted by molar-refractivity contribution is -0.150. The van der Waals surface area contributed by atoms with E-state index >= 15 is 0 Å². The van der Waals surface area contributed by atoms with Gasteiger partial charge in [0, 0.05) is 0 Å². The molecule has 0 radical (unpaired) electrons. The van der Waals surface area contributed by atoms with Gasteiger partial charge >= 0.3 is 5.97 Å². The smallest absolute Gasteiger partial charge is 0.341 e. The van der Waals surface area contributed by atoms with Crippen molar-refractivity contribution in [2.24, 2.45) is 0 Å². The minimum absolute atomic E-state index is 0.113. The Morgan fingerprint density at radius 1 is 1.25 bits per heavy atom. The first kappa shape index (κ1) is 11.9. The van der Waals surface area contributed by atoms with E-state index in [1.807, 2.05) is 6.92 Å². The molecule has 2 atom stereocenters. The van der Waals surface area contributed by atoms with Crippen LogP contribution in [0, 0.1) is 0 Å². The summed E-state index contributed by atoms with van der Waals surface area (Å²) in [6, 6.07) is 0. The lowest BCUT2D eigenvalue weighted by Gasteiger charge is -2.15. The zero-order chi connectivity index (χ0) is 11.6. The molecule has 0 spiro atoms. The second kappa shape index (κ2) is 4.36. The van der Waals surface area contributed by atoms with E-state index < -0.39 is 5.60 Å². The number of rotatable bonds is 4. The molecule has 0 N–H and O–H groups in total. The van der Waals surface area contributed by atoms with Crippen molar-refractivity contribution >= 4 is 5.97 Å². The van der Waals surface area contributed by atoms with E-state index in [1.165, 1.54) is 12.8 Å². The van der Waals surface area contributed by atoms with Gasteiger partial charge in [-0.2, -0.15) is 0 Å². The molecule has 3 nitrogen and oxygen atoms in total. The molecule has 92 valence electrons. The number of esters is 1. The molecule has 1 aliphatic carbocycles. The predicted molar refractivity (Wildman–Crippen MR) is 61.2 cm³/mol. The van der Waals surface area contributed by atoms with Gasteiger partial charge in [0.25, 0.3) is 0 Å². The maximum atomic E-state index is 12.1. The third kappa shape index (κ3) is 1.65. The normalized spacial score (nSPS) is 37.4. The number of epoxide rings is 1. The molecule has 0 amide bonds. The van der Waals surface area contributed by atoms with Crippen molar-refractivity contribution in [1.82, 2.24) is 0 Å². The Hall–Kier alpha value is -0.570. The van der Waals surface area contributed by atoms with Crippen molar-refractivity contribution in [3.05, 3.63) is 0 Å². The number of fused-ring (bicyclic) bond motifs is 1. The first-order valence-corrected chi connectivity index (χ1v) is 6.58. The van der Waals surface area contributed by atoms with Gasteiger partial charge in [-0.3, -0.25) is 0 Å². The second-order valence-corrected chi connectivity index (χ2v) is 4.97. The van der Waals surface area contributed by atoms with Crippen molar-refractivity contribution < 1.29 is 14.3 Å². The maximum absolute atomic E-state index is 12.1. The molecule has 1 aliphatic heterocycles. The Balaban J connectivity index is 2.08. The van der Waals surface area contributed by atoms with Crippen LogP contribution < -0.4 is 0 Å². The van der Waals surface area contributed by atoms with Gasteiger partial charge in [-0.25, -0.2) is 4.79 Å². The number of hydrogen-bond donors (Lipinski definition) is 0.